The van der Waals surface area contributed by atoms with Gasteiger partial charge in [-0.1, -0.05) is 0 Å². The lowest BCUT2D eigenvalue weighted by atomic mass is 10.2. The van der Waals surface area contributed by atoms with Gasteiger partial charge in [0.1, 0.15) is 11.7 Å². The number of hydrogen-bond donors (Lipinski definition) is 0. The van der Waals surface area contributed by atoms with Gasteiger partial charge in [0.2, 0.25) is 0 Å². The SMILES string of the molecule is CC1COC(COS(C)(=O)=O)CN1C(=O)OC(C)(C)C. The Balaban J connectivity index is 2.60. The number of rotatable bonds is 3. The second-order valence-corrected chi connectivity index (χ2v) is 7.57. The summed E-state index contributed by atoms with van der Waals surface area (Å²) < 4.78 is 37.4. The zero-order valence-corrected chi connectivity index (χ0v) is 13.4. The van der Waals surface area contributed by atoms with E-state index in [4.69, 9.17) is 13.7 Å². The molecule has 0 radical (unpaired) electrons. The Kier molecular flexibility index (Phi) is 5.39. The third-order valence-corrected chi connectivity index (χ3v) is 3.17. The summed E-state index contributed by atoms with van der Waals surface area (Å²) in [6.45, 7) is 7.67. The van der Waals surface area contributed by atoms with E-state index >= 15 is 0 Å². The zero-order valence-electron chi connectivity index (χ0n) is 12.6. The number of carbonyl (C=O) groups is 1. The minimum atomic E-state index is -3.52. The Hall–Kier alpha value is -0.860. The fourth-order valence-corrected chi connectivity index (χ4v) is 2.09. The van der Waals surface area contributed by atoms with Crippen LogP contribution in [0.5, 0.6) is 0 Å². The summed E-state index contributed by atoms with van der Waals surface area (Å²) in [7, 11) is -3.52. The number of nitrogens with zero attached hydrogens (tertiary/aromatic N) is 1. The van der Waals surface area contributed by atoms with Crippen molar-refractivity contribution in [2.75, 3.05) is 26.0 Å². The normalized spacial score (nSPS) is 24.6. The third kappa shape index (κ3) is 6.06. The van der Waals surface area contributed by atoms with Crippen LogP contribution in [0.25, 0.3) is 0 Å². The first kappa shape index (κ1) is 17.2. The predicted octanol–water partition coefficient (Wildman–Crippen LogP) is 0.987. The van der Waals surface area contributed by atoms with Crippen LogP contribution in [0.3, 0.4) is 0 Å². The second kappa shape index (κ2) is 6.28. The highest BCUT2D eigenvalue weighted by atomic mass is 32.2. The van der Waals surface area contributed by atoms with Crippen molar-refractivity contribution in [3.8, 4) is 0 Å². The van der Waals surface area contributed by atoms with E-state index in [2.05, 4.69) is 0 Å². The second-order valence-electron chi connectivity index (χ2n) is 5.93. The standard InChI is InChI=1S/C12H23NO6S/c1-9-7-17-10(8-18-20(5,15)16)6-13(9)11(14)19-12(2,3)4/h9-10H,6-8H2,1-5H3. The molecule has 0 bridgehead atoms. The molecule has 0 spiro atoms. The largest absolute Gasteiger partial charge is 0.444 e. The lowest BCUT2D eigenvalue weighted by Crippen LogP contribution is -2.53. The Labute approximate surface area is 120 Å². The van der Waals surface area contributed by atoms with E-state index in [-0.39, 0.29) is 19.2 Å². The number of hydrogen-bond acceptors (Lipinski definition) is 6. The highest BCUT2D eigenvalue weighted by Crippen LogP contribution is 2.17. The number of morpholine rings is 1. The van der Waals surface area contributed by atoms with Crippen molar-refractivity contribution in [3.63, 3.8) is 0 Å². The van der Waals surface area contributed by atoms with Crippen LogP contribution < -0.4 is 0 Å². The summed E-state index contributed by atoms with van der Waals surface area (Å²) in [5.74, 6) is 0. The molecule has 1 saturated heterocycles. The molecule has 0 aliphatic carbocycles. The maximum Gasteiger partial charge on any atom is 0.410 e. The lowest BCUT2D eigenvalue weighted by molar-refractivity contribution is -0.0767. The van der Waals surface area contributed by atoms with E-state index in [0.717, 1.165) is 6.26 Å². The average Bonchev–Trinajstić information content (AvgIpc) is 2.24. The van der Waals surface area contributed by atoms with Crippen molar-refractivity contribution in [1.29, 1.82) is 0 Å². The fourth-order valence-electron chi connectivity index (χ4n) is 1.69. The highest BCUT2D eigenvalue weighted by Gasteiger charge is 2.33. The summed E-state index contributed by atoms with van der Waals surface area (Å²) in [6.07, 6.45) is 0.0653. The molecule has 1 aliphatic rings. The van der Waals surface area contributed by atoms with Crippen LogP contribution in [0, 0.1) is 0 Å². The van der Waals surface area contributed by atoms with E-state index < -0.39 is 27.9 Å². The van der Waals surface area contributed by atoms with Crippen molar-refractivity contribution in [2.24, 2.45) is 0 Å². The predicted molar refractivity (Wildman–Crippen MR) is 72.9 cm³/mol. The maximum atomic E-state index is 12.1. The smallest absolute Gasteiger partial charge is 0.410 e. The van der Waals surface area contributed by atoms with Gasteiger partial charge in [0, 0.05) is 0 Å². The van der Waals surface area contributed by atoms with Gasteiger partial charge >= 0.3 is 6.09 Å². The summed E-state index contributed by atoms with van der Waals surface area (Å²) in [5, 5.41) is 0. The summed E-state index contributed by atoms with van der Waals surface area (Å²) in [6, 6.07) is -0.126. The molecule has 7 nitrogen and oxygen atoms in total. The van der Waals surface area contributed by atoms with E-state index in [9.17, 15) is 13.2 Å². The molecule has 118 valence electrons. The van der Waals surface area contributed by atoms with Gasteiger partial charge in [-0.3, -0.25) is 4.18 Å². The van der Waals surface area contributed by atoms with Crippen LogP contribution in [0.1, 0.15) is 27.7 Å². The Morgan fingerprint density at radius 1 is 1.40 bits per heavy atom. The number of ether oxygens (including phenoxy) is 2. The van der Waals surface area contributed by atoms with Crippen molar-refractivity contribution in [1.82, 2.24) is 4.90 Å². The average molecular weight is 309 g/mol. The first-order chi connectivity index (χ1) is 8.98. The fraction of sp³-hybridized carbons (Fsp3) is 0.917. The van der Waals surface area contributed by atoms with Gasteiger partial charge < -0.3 is 14.4 Å². The first-order valence-electron chi connectivity index (χ1n) is 6.43. The van der Waals surface area contributed by atoms with Crippen molar-refractivity contribution < 1.29 is 26.9 Å². The molecule has 1 amide bonds. The van der Waals surface area contributed by atoms with Crippen molar-refractivity contribution >= 4 is 16.2 Å². The van der Waals surface area contributed by atoms with Crippen LogP contribution in [-0.4, -0.2) is 63.2 Å². The molecule has 0 aromatic heterocycles. The zero-order chi connectivity index (χ0) is 15.6. The molecule has 1 rings (SSSR count). The van der Waals surface area contributed by atoms with Gasteiger partial charge in [-0.15, -0.1) is 0 Å². The van der Waals surface area contributed by atoms with Gasteiger partial charge in [-0.2, -0.15) is 8.42 Å². The maximum absolute atomic E-state index is 12.1. The van der Waals surface area contributed by atoms with Gasteiger partial charge in [0.25, 0.3) is 10.1 Å². The molecular formula is C12H23NO6S. The van der Waals surface area contributed by atoms with E-state index in [1.807, 2.05) is 6.92 Å². The van der Waals surface area contributed by atoms with E-state index in [0.29, 0.717) is 6.61 Å². The Bertz CT molecular complexity index is 441. The van der Waals surface area contributed by atoms with Crippen LogP contribution in [-0.2, 0) is 23.8 Å². The molecule has 8 heteroatoms. The monoisotopic (exact) mass is 309 g/mol. The third-order valence-electron chi connectivity index (χ3n) is 2.60. The number of amides is 1. The van der Waals surface area contributed by atoms with Crippen molar-refractivity contribution in [3.05, 3.63) is 0 Å². The highest BCUT2D eigenvalue weighted by molar-refractivity contribution is 7.85. The van der Waals surface area contributed by atoms with Gasteiger partial charge in [0.15, 0.2) is 0 Å². The van der Waals surface area contributed by atoms with E-state index in [1.165, 1.54) is 4.90 Å². The van der Waals surface area contributed by atoms with Gasteiger partial charge in [-0.25, -0.2) is 4.79 Å². The van der Waals surface area contributed by atoms with E-state index in [1.54, 1.807) is 20.8 Å². The minimum Gasteiger partial charge on any atom is -0.444 e. The molecule has 0 saturated carbocycles. The molecule has 20 heavy (non-hydrogen) atoms. The minimum absolute atomic E-state index is 0.106. The molecule has 1 aliphatic heterocycles. The molecule has 1 heterocycles. The molecular weight excluding hydrogens is 286 g/mol. The lowest BCUT2D eigenvalue weighted by Gasteiger charge is -2.38. The van der Waals surface area contributed by atoms with Gasteiger partial charge in [0.05, 0.1) is 32.1 Å². The first-order valence-corrected chi connectivity index (χ1v) is 8.25. The van der Waals surface area contributed by atoms with Crippen molar-refractivity contribution in [2.45, 2.75) is 45.4 Å². The molecule has 2 atom stereocenters. The molecule has 0 aromatic rings. The topological polar surface area (TPSA) is 82.1 Å². The molecule has 0 aromatic carbocycles. The summed E-state index contributed by atoms with van der Waals surface area (Å²) in [4.78, 5) is 13.6. The number of carbonyl (C=O) groups excluding carboxylic acids is 1. The van der Waals surface area contributed by atoms with Crippen LogP contribution in [0.15, 0.2) is 0 Å². The van der Waals surface area contributed by atoms with Crippen LogP contribution in [0.4, 0.5) is 4.79 Å². The Morgan fingerprint density at radius 3 is 2.50 bits per heavy atom. The molecule has 1 fully saturated rings. The molecule has 0 N–H and O–H groups in total. The molecule has 2 unspecified atom stereocenters. The Morgan fingerprint density at radius 2 is 2.00 bits per heavy atom. The van der Waals surface area contributed by atoms with Crippen LogP contribution in [0.2, 0.25) is 0 Å². The van der Waals surface area contributed by atoms with Crippen LogP contribution >= 0.6 is 0 Å². The van der Waals surface area contributed by atoms with Gasteiger partial charge in [-0.05, 0) is 27.7 Å². The summed E-state index contributed by atoms with van der Waals surface area (Å²) in [5.41, 5.74) is -0.576. The quantitative estimate of drug-likeness (QED) is 0.723. The summed E-state index contributed by atoms with van der Waals surface area (Å²) >= 11 is 0.